The van der Waals surface area contributed by atoms with Crippen LogP contribution in [0.1, 0.15) is 16.7 Å². The Morgan fingerprint density at radius 1 is 1.08 bits per heavy atom. The van der Waals surface area contributed by atoms with Crippen molar-refractivity contribution in [1.29, 1.82) is 5.41 Å². The fourth-order valence-electron chi connectivity index (χ4n) is 2.64. The summed E-state index contributed by atoms with van der Waals surface area (Å²) in [7, 11) is 0. The molecule has 0 spiro atoms. The van der Waals surface area contributed by atoms with E-state index in [1.54, 1.807) is 23.1 Å². The molecule has 0 aliphatic carbocycles. The van der Waals surface area contributed by atoms with Gasteiger partial charge in [-0.05, 0) is 47.5 Å². The normalized spacial score (nSPS) is 13.5. The summed E-state index contributed by atoms with van der Waals surface area (Å²) in [6.07, 6.45) is -4.74. The molecular formula is C16H12BrCl2F3N2O. The number of ether oxygens (including phenoxy) is 1. The van der Waals surface area contributed by atoms with Crippen LogP contribution in [-0.2, 0) is 13.1 Å². The highest BCUT2D eigenvalue weighted by molar-refractivity contribution is 8.93. The number of hydrogen-bond acceptors (Lipinski definition) is 2. The predicted octanol–water partition coefficient (Wildman–Crippen LogP) is 5.81. The van der Waals surface area contributed by atoms with Gasteiger partial charge in [0.25, 0.3) is 0 Å². The van der Waals surface area contributed by atoms with E-state index in [1.807, 2.05) is 0 Å². The number of fused-ring (bicyclic) bond motifs is 1. The summed E-state index contributed by atoms with van der Waals surface area (Å²) in [6, 6.07) is 9.06. The number of halogens is 6. The second kappa shape index (κ2) is 7.43. The lowest BCUT2D eigenvalue weighted by Gasteiger charge is -2.18. The van der Waals surface area contributed by atoms with Crippen LogP contribution in [0.5, 0.6) is 5.75 Å². The smallest absolute Gasteiger partial charge is 0.406 e. The highest BCUT2D eigenvalue weighted by Gasteiger charge is 2.32. The maximum Gasteiger partial charge on any atom is 0.573 e. The van der Waals surface area contributed by atoms with E-state index >= 15 is 0 Å². The van der Waals surface area contributed by atoms with Gasteiger partial charge in [-0.2, -0.15) is 0 Å². The van der Waals surface area contributed by atoms with Gasteiger partial charge >= 0.3 is 6.36 Å². The van der Waals surface area contributed by atoms with Gasteiger partial charge in [-0.3, -0.25) is 5.41 Å². The topological polar surface area (TPSA) is 36.3 Å². The first-order chi connectivity index (χ1) is 11.2. The Morgan fingerprint density at radius 2 is 1.72 bits per heavy atom. The van der Waals surface area contributed by atoms with Crippen molar-refractivity contribution < 1.29 is 17.9 Å². The predicted molar refractivity (Wildman–Crippen MR) is 96.0 cm³/mol. The van der Waals surface area contributed by atoms with Crippen molar-refractivity contribution in [3.05, 3.63) is 63.1 Å². The Kier molecular flexibility index (Phi) is 5.91. The molecule has 1 aliphatic heterocycles. The number of nitrogens with one attached hydrogen (secondary N) is 1. The molecule has 1 N–H and O–H groups in total. The van der Waals surface area contributed by atoms with E-state index in [0.717, 1.165) is 5.56 Å². The molecule has 25 heavy (non-hydrogen) atoms. The molecule has 2 aromatic carbocycles. The highest BCUT2D eigenvalue weighted by atomic mass is 79.9. The summed E-state index contributed by atoms with van der Waals surface area (Å²) >= 11 is 11.9. The summed E-state index contributed by atoms with van der Waals surface area (Å²) < 4.78 is 40.9. The van der Waals surface area contributed by atoms with Crippen LogP contribution in [-0.4, -0.2) is 17.1 Å². The lowest BCUT2D eigenvalue weighted by molar-refractivity contribution is -0.274. The van der Waals surface area contributed by atoms with Gasteiger partial charge in [-0.25, -0.2) is 0 Å². The largest absolute Gasteiger partial charge is 0.573 e. The van der Waals surface area contributed by atoms with E-state index in [0.29, 0.717) is 34.3 Å². The Balaban J connectivity index is 0.00000225. The molecule has 0 bridgehead atoms. The van der Waals surface area contributed by atoms with E-state index in [4.69, 9.17) is 28.6 Å². The minimum Gasteiger partial charge on any atom is -0.406 e. The zero-order chi connectivity index (χ0) is 17.5. The standard InChI is InChI=1S/C16H11Cl2F3N2O.BrH/c17-11-3-9(4-12(18)6-11)7-23-8-10-5-13(24-16(19,20)21)1-2-14(10)15(23)22;/h1-6,22H,7-8H2;1H. The van der Waals surface area contributed by atoms with Gasteiger partial charge in [0.2, 0.25) is 0 Å². The van der Waals surface area contributed by atoms with Crippen LogP contribution in [0.4, 0.5) is 13.2 Å². The molecule has 0 unspecified atom stereocenters. The molecule has 0 saturated heterocycles. The van der Waals surface area contributed by atoms with Crippen LogP contribution in [0.25, 0.3) is 0 Å². The molecule has 1 aliphatic rings. The molecule has 0 radical (unpaired) electrons. The molecule has 3 rings (SSSR count). The summed E-state index contributed by atoms with van der Waals surface area (Å²) in [4.78, 5) is 1.73. The number of hydrogen-bond donors (Lipinski definition) is 1. The van der Waals surface area contributed by atoms with E-state index in [-0.39, 0.29) is 28.6 Å². The minimum absolute atomic E-state index is 0. The monoisotopic (exact) mass is 454 g/mol. The van der Waals surface area contributed by atoms with E-state index in [9.17, 15) is 13.2 Å². The molecule has 9 heteroatoms. The first-order valence-corrected chi connectivity index (χ1v) is 7.64. The van der Waals surface area contributed by atoms with Gasteiger partial charge in [-0.15, -0.1) is 30.2 Å². The third-order valence-electron chi connectivity index (χ3n) is 3.54. The SMILES string of the molecule is Br.N=C1c2ccc(OC(F)(F)F)cc2CN1Cc1cc(Cl)cc(Cl)c1. The van der Waals surface area contributed by atoms with Gasteiger partial charge < -0.3 is 9.64 Å². The Labute approximate surface area is 162 Å². The number of amidine groups is 1. The lowest BCUT2D eigenvalue weighted by Crippen LogP contribution is -2.23. The van der Waals surface area contributed by atoms with Crippen LogP contribution in [0.3, 0.4) is 0 Å². The third-order valence-corrected chi connectivity index (χ3v) is 3.98. The van der Waals surface area contributed by atoms with E-state index < -0.39 is 6.36 Å². The second-order valence-electron chi connectivity index (χ2n) is 5.35. The third kappa shape index (κ3) is 4.80. The Bertz CT molecular complexity index is 794. The van der Waals surface area contributed by atoms with Gasteiger partial charge in [-0.1, -0.05) is 23.2 Å². The molecule has 134 valence electrons. The van der Waals surface area contributed by atoms with Crippen LogP contribution < -0.4 is 4.74 Å². The van der Waals surface area contributed by atoms with Crippen LogP contribution in [0, 0.1) is 5.41 Å². The second-order valence-corrected chi connectivity index (χ2v) is 6.22. The summed E-state index contributed by atoms with van der Waals surface area (Å²) in [5, 5.41) is 9.17. The molecular weight excluding hydrogens is 444 g/mol. The molecule has 0 saturated carbocycles. The van der Waals surface area contributed by atoms with E-state index in [1.165, 1.54) is 18.2 Å². The number of alkyl halides is 3. The molecule has 2 aromatic rings. The fraction of sp³-hybridized carbons (Fsp3) is 0.188. The van der Waals surface area contributed by atoms with Gasteiger partial charge in [0.05, 0.1) is 0 Å². The first-order valence-electron chi connectivity index (χ1n) is 6.89. The molecule has 0 atom stereocenters. The van der Waals surface area contributed by atoms with E-state index in [2.05, 4.69) is 4.74 Å². The van der Waals surface area contributed by atoms with Crippen molar-refractivity contribution in [1.82, 2.24) is 4.90 Å². The van der Waals surface area contributed by atoms with Crippen molar-refractivity contribution in [3.63, 3.8) is 0 Å². The zero-order valence-electron chi connectivity index (χ0n) is 12.5. The number of rotatable bonds is 3. The van der Waals surface area contributed by atoms with Gasteiger partial charge in [0.1, 0.15) is 11.6 Å². The Hall–Kier alpha value is -1.44. The number of benzene rings is 2. The zero-order valence-corrected chi connectivity index (χ0v) is 15.8. The minimum atomic E-state index is -4.74. The average Bonchev–Trinajstić information content (AvgIpc) is 2.72. The van der Waals surface area contributed by atoms with Gasteiger partial charge in [0.15, 0.2) is 0 Å². The maximum atomic E-state index is 12.3. The van der Waals surface area contributed by atoms with Crippen molar-refractivity contribution in [2.24, 2.45) is 0 Å². The summed E-state index contributed by atoms with van der Waals surface area (Å²) in [6.45, 7) is 0.691. The molecule has 0 fully saturated rings. The van der Waals surface area contributed by atoms with Crippen LogP contribution in [0.2, 0.25) is 10.0 Å². The molecule has 1 heterocycles. The van der Waals surface area contributed by atoms with Crippen molar-refractivity contribution in [2.45, 2.75) is 19.5 Å². The number of nitrogens with zero attached hydrogens (tertiary/aromatic N) is 1. The first kappa shape index (κ1) is 19.9. The molecule has 0 aromatic heterocycles. The van der Waals surface area contributed by atoms with Crippen LogP contribution in [0.15, 0.2) is 36.4 Å². The Morgan fingerprint density at radius 3 is 2.32 bits per heavy atom. The molecule has 0 amide bonds. The summed E-state index contributed by atoms with van der Waals surface area (Å²) in [5.74, 6) is -0.0543. The van der Waals surface area contributed by atoms with Gasteiger partial charge in [0, 0.05) is 28.7 Å². The lowest BCUT2D eigenvalue weighted by atomic mass is 10.1. The summed E-state index contributed by atoms with van der Waals surface area (Å²) in [5.41, 5.74) is 2.00. The van der Waals surface area contributed by atoms with Crippen LogP contribution >= 0.6 is 40.2 Å². The maximum absolute atomic E-state index is 12.3. The highest BCUT2D eigenvalue weighted by Crippen LogP contribution is 2.31. The average molecular weight is 456 g/mol. The van der Waals surface area contributed by atoms with Crippen molar-refractivity contribution in [3.8, 4) is 5.75 Å². The quantitative estimate of drug-likeness (QED) is 0.633. The van der Waals surface area contributed by atoms with Crippen molar-refractivity contribution in [2.75, 3.05) is 0 Å². The molecule has 3 nitrogen and oxygen atoms in total. The van der Waals surface area contributed by atoms with Crippen molar-refractivity contribution >= 4 is 46.0 Å². The fourth-order valence-corrected chi connectivity index (χ4v) is 3.21.